The van der Waals surface area contributed by atoms with Crippen molar-refractivity contribution in [2.24, 2.45) is 5.73 Å². The number of rotatable bonds is 6. The molecule has 1 amide bonds. The maximum absolute atomic E-state index is 12.3. The zero-order chi connectivity index (χ0) is 17.5. The first kappa shape index (κ1) is 23.2. The minimum absolute atomic E-state index is 0. The van der Waals surface area contributed by atoms with Crippen molar-refractivity contribution < 1.29 is 9.53 Å². The molecule has 3 N–H and O–H groups in total. The molecule has 1 aromatic carbocycles. The second-order valence-corrected chi connectivity index (χ2v) is 6.10. The Labute approximate surface area is 172 Å². The number of ether oxygens (including phenoxy) is 1. The fourth-order valence-corrected chi connectivity index (χ4v) is 2.90. The molecule has 1 unspecified atom stereocenters. The highest BCUT2D eigenvalue weighted by molar-refractivity contribution is 5.85. The Balaban J connectivity index is 0.00000182. The van der Waals surface area contributed by atoms with Gasteiger partial charge in [-0.1, -0.05) is 36.4 Å². The third-order valence-corrected chi connectivity index (χ3v) is 4.27. The number of morpholine rings is 1. The summed E-state index contributed by atoms with van der Waals surface area (Å²) in [7, 11) is 0. The molecule has 148 valence electrons. The number of halogens is 2. The van der Waals surface area contributed by atoms with Gasteiger partial charge in [0.2, 0.25) is 5.91 Å². The van der Waals surface area contributed by atoms with Crippen LogP contribution >= 0.6 is 24.8 Å². The first-order valence-corrected chi connectivity index (χ1v) is 8.58. The molecule has 1 aliphatic rings. The molecule has 0 saturated carbocycles. The Bertz CT molecular complexity index is 697. The van der Waals surface area contributed by atoms with Crippen molar-refractivity contribution in [1.82, 2.24) is 10.3 Å². The van der Waals surface area contributed by atoms with Gasteiger partial charge in [-0.2, -0.15) is 0 Å². The van der Waals surface area contributed by atoms with Crippen molar-refractivity contribution in [2.45, 2.75) is 19.0 Å². The Morgan fingerprint density at radius 3 is 2.56 bits per heavy atom. The molecule has 2 aromatic rings. The molecule has 1 aliphatic heterocycles. The monoisotopic (exact) mass is 412 g/mol. The van der Waals surface area contributed by atoms with E-state index in [1.165, 1.54) is 0 Å². The molecule has 0 bridgehead atoms. The number of hydrogen-bond donors (Lipinski definition) is 2. The third kappa shape index (κ3) is 6.66. The van der Waals surface area contributed by atoms with E-state index in [1.807, 2.05) is 42.5 Å². The van der Waals surface area contributed by atoms with Gasteiger partial charge in [-0.3, -0.25) is 4.79 Å². The number of aromatic nitrogens is 1. The van der Waals surface area contributed by atoms with Gasteiger partial charge in [0.1, 0.15) is 5.82 Å². The number of benzene rings is 1. The van der Waals surface area contributed by atoms with Gasteiger partial charge in [-0.15, -0.1) is 24.8 Å². The van der Waals surface area contributed by atoms with E-state index in [0.29, 0.717) is 26.2 Å². The summed E-state index contributed by atoms with van der Waals surface area (Å²) in [5, 5.41) is 2.94. The number of nitrogens with two attached hydrogens (primary N) is 1. The molecule has 1 aromatic heterocycles. The zero-order valence-corrected chi connectivity index (χ0v) is 16.7. The summed E-state index contributed by atoms with van der Waals surface area (Å²) in [5.41, 5.74) is 8.09. The number of nitrogens with one attached hydrogen (secondary N) is 1. The van der Waals surface area contributed by atoms with Crippen LogP contribution in [0.2, 0.25) is 0 Å². The van der Waals surface area contributed by atoms with Crippen LogP contribution in [0.3, 0.4) is 0 Å². The normalized spacial score (nSPS) is 14.5. The quantitative estimate of drug-likeness (QED) is 0.757. The van der Waals surface area contributed by atoms with Crippen molar-refractivity contribution in [3.05, 3.63) is 59.8 Å². The molecule has 6 nitrogen and oxygen atoms in total. The Morgan fingerprint density at radius 1 is 1.15 bits per heavy atom. The molecule has 1 saturated heterocycles. The highest BCUT2D eigenvalue weighted by Gasteiger charge is 2.18. The number of amides is 1. The molecule has 1 atom stereocenters. The van der Waals surface area contributed by atoms with E-state index >= 15 is 0 Å². The highest BCUT2D eigenvalue weighted by atomic mass is 35.5. The molecule has 0 radical (unpaired) electrons. The van der Waals surface area contributed by atoms with E-state index in [-0.39, 0.29) is 30.7 Å². The number of carbonyl (C=O) groups excluding carboxylic acids is 1. The lowest BCUT2D eigenvalue weighted by atomic mass is 10.1. The van der Waals surface area contributed by atoms with Gasteiger partial charge < -0.3 is 20.7 Å². The van der Waals surface area contributed by atoms with E-state index in [4.69, 9.17) is 10.5 Å². The van der Waals surface area contributed by atoms with Crippen molar-refractivity contribution in [2.75, 3.05) is 31.2 Å². The molecule has 1 fully saturated rings. The van der Waals surface area contributed by atoms with E-state index in [1.54, 1.807) is 6.20 Å². The van der Waals surface area contributed by atoms with Gasteiger partial charge in [0.05, 0.1) is 19.3 Å². The van der Waals surface area contributed by atoms with Gasteiger partial charge in [0, 0.05) is 31.4 Å². The Hall–Kier alpha value is -1.86. The van der Waals surface area contributed by atoms with Crippen molar-refractivity contribution in [1.29, 1.82) is 0 Å². The maximum atomic E-state index is 12.3. The summed E-state index contributed by atoms with van der Waals surface area (Å²) in [6.45, 7) is 3.44. The fraction of sp³-hybridized carbons (Fsp3) is 0.368. The first-order valence-electron chi connectivity index (χ1n) is 8.58. The van der Waals surface area contributed by atoms with Crippen LogP contribution in [-0.2, 0) is 22.5 Å². The van der Waals surface area contributed by atoms with Crippen LogP contribution in [-0.4, -0.2) is 43.2 Å². The standard InChI is InChI=1S/C19H24N4O2.2ClH/c20-17(13-15-5-2-1-3-6-15)19(24)22-14-16-7-4-8-21-18(16)23-9-11-25-12-10-23;;/h1-8,17H,9-14,20H2,(H,22,24);2*1H. The smallest absolute Gasteiger partial charge is 0.237 e. The lowest BCUT2D eigenvalue weighted by molar-refractivity contribution is -0.122. The number of carbonyl (C=O) groups is 1. The van der Waals surface area contributed by atoms with Crippen LogP contribution < -0.4 is 16.0 Å². The minimum Gasteiger partial charge on any atom is -0.378 e. The molecule has 0 aliphatic carbocycles. The molecular formula is C19H26Cl2N4O2. The van der Waals surface area contributed by atoms with Crippen LogP contribution in [0.4, 0.5) is 5.82 Å². The van der Waals surface area contributed by atoms with E-state index < -0.39 is 6.04 Å². The summed E-state index contributed by atoms with van der Waals surface area (Å²) in [6.07, 6.45) is 2.30. The van der Waals surface area contributed by atoms with E-state index in [9.17, 15) is 4.79 Å². The summed E-state index contributed by atoms with van der Waals surface area (Å²) < 4.78 is 5.39. The average Bonchev–Trinajstić information content (AvgIpc) is 2.68. The molecule has 8 heteroatoms. The summed E-state index contributed by atoms with van der Waals surface area (Å²) >= 11 is 0. The summed E-state index contributed by atoms with van der Waals surface area (Å²) in [6, 6.07) is 13.1. The first-order chi connectivity index (χ1) is 12.2. The minimum atomic E-state index is -0.564. The Kier molecular flexibility index (Phi) is 10.1. The highest BCUT2D eigenvalue weighted by Crippen LogP contribution is 2.18. The SMILES string of the molecule is Cl.Cl.NC(Cc1ccccc1)C(=O)NCc1cccnc1N1CCOCC1. The molecular weight excluding hydrogens is 387 g/mol. The molecule has 3 rings (SSSR count). The maximum Gasteiger partial charge on any atom is 0.237 e. The van der Waals surface area contributed by atoms with Crippen LogP contribution in [0.5, 0.6) is 0 Å². The predicted octanol–water partition coefficient (Wildman–Crippen LogP) is 1.95. The predicted molar refractivity (Wildman–Crippen MR) is 112 cm³/mol. The van der Waals surface area contributed by atoms with E-state index in [2.05, 4.69) is 15.2 Å². The topological polar surface area (TPSA) is 80.5 Å². The largest absolute Gasteiger partial charge is 0.378 e. The van der Waals surface area contributed by atoms with Gasteiger partial charge in [-0.25, -0.2) is 4.98 Å². The lowest BCUT2D eigenvalue weighted by Gasteiger charge is -2.29. The number of hydrogen-bond acceptors (Lipinski definition) is 5. The number of anilines is 1. The van der Waals surface area contributed by atoms with Crippen molar-refractivity contribution in [3.8, 4) is 0 Å². The molecule has 2 heterocycles. The van der Waals surface area contributed by atoms with Gasteiger partial charge in [0.25, 0.3) is 0 Å². The van der Waals surface area contributed by atoms with Gasteiger partial charge >= 0.3 is 0 Å². The van der Waals surface area contributed by atoms with E-state index in [0.717, 1.165) is 30.0 Å². The average molecular weight is 413 g/mol. The second-order valence-electron chi connectivity index (χ2n) is 6.10. The zero-order valence-electron chi connectivity index (χ0n) is 15.0. The third-order valence-electron chi connectivity index (χ3n) is 4.27. The summed E-state index contributed by atoms with van der Waals surface area (Å²) in [4.78, 5) is 19.0. The second kappa shape index (κ2) is 11.8. The lowest BCUT2D eigenvalue weighted by Crippen LogP contribution is -2.42. The van der Waals surface area contributed by atoms with Crippen LogP contribution in [0.1, 0.15) is 11.1 Å². The molecule has 27 heavy (non-hydrogen) atoms. The van der Waals surface area contributed by atoms with Crippen LogP contribution in [0.25, 0.3) is 0 Å². The van der Waals surface area contributed by atoms with Crippen LogP contribution in [0.15, 0.2) is 48.7 Å². The van der Waals surface area contributed by atoms with Gasteiger partial charge in [-0.05, 0) is 18.1 Å². The Morgan fingerprint density at radius 2 is 1.85 bits per heavy atom. The van der Waals surface area contributed by atoms with Crippen molar-refractivity contribution in [3.63, 3.8) is 0 Å². The van der Waals surface area contributed by atoms with Crippen LogP contribution in [0, 0.1) is 0 Å². The molecule has 0 spiro atoms. The number of nitrogens with zero attached hydrogens (tertiary/aromatic N) is 2. The summed E-state index contributed by atoms with van der Waals surface area (Å²) in [5.74, 6) is 0.753. The van der Waals surface area contributed by atoms with Gasteiger partial charge in [0.15, 0.2) is 0 Å². The number of pyridine rings is 1. The van der Waals surface area contributed by atoms with Crippen molar-refractivity contribution >= 4 is 36.5 Å². The fourth-order valence-electron chi connectivity index (χ4n) is 2.90.